The van der Waals surface area contributed by atoms with Crippen molar-refractivity contribution < 1.29 is 14.3 Å². The molecule has 7 nitrogen and oxygen atoms in total. The Hall–Kier alpha value is -1.28. The minimum absolute atomic E-state index is 0.00194. The Morgan fingerprint density at radius 2 is 2.11 bits per heavy atom. The lowest BCUT2D eigenvalue weighted by atomic mass is 9.91. The average molecular weight is 409 g/mol. The maximum atomic E-state index is 12.8. The van der Waals surface area contributed by atoms with Gasteiger partial charge in [0.15, 0.2) is 5.17 Å². The number of nitrogens with zero attached hydrogens (tertiary/aromatic N) is 2. The topological polar surface area (TPSA) is 97.0 Å². The number of thioether (sulfide) groups is 1. The average Bonchev–Trinajstić information content (AvgIpc) is 3.29. The maximum Gasteiger partial charge on any atom is 0.410 e. The maximum absolute atomic E-state index is 12.8. The Morgan fingerprint density at radius 1 is 1.36 bits per heavy atom. The second-order valence-corrected chi connectivity index (χ2v) is 11.6. The van der Waals surface area contributed by atoms with Gasteiger partial charge in [0.25, 0.3) is 0 Å². The van der Waals surface area contributed by atoms with E-state index >= 15 is 0 Å². The van der Waals surface area contributed by atoms with Crippen molar-refractivity contribution in [1.82, 2.24) is 10.2 Å². The van der Waals surface area contributed by atoms with Crippen LogP contribution in [0.15, 0.2) is 4.99 Å². The van der Waals surface area contributed by atoms with Crippen molar-refractivity contribution in [2.75, 3.05) is 13.1 Å². The summed E-state index contributed by atoms with van der Waals surface area (Å²) in [6, 6.07) is 0.228. The summed E-state index contributed by atoms with van der Waals surface area (Å²) in [6.45, 7) is 8.73. The molecule has 3 unspecified atom stereocenters. The van der Waals surface area contributed by atoms with Crippen LogP contribution in [-0.4, -0.2) is 57.1 Å². The van der Waals surface area contributed by atoms with Gasteiger partial charge in [-0.2, -0.15) is 0 Å². The van der Waals surface area contributed by atoms with E-state index in [-0.39, 0.29) is 29.5 Å². The van der Waals surface area contributed by atoms with Crippen LogP contribution in [0, 0.1) is 11.8 Å². The highest BCUT2D eigenvalue weighted by Crippen LogP contribution is 2.49. The second-order valence-electron chi connectivity index (χ2n) is 10.1. The van der Waals surface area contributed by atoms with Crippen LogP contribution in [0.1, 0.15) is 59.8 Å². The van der Waals surface area contributed by atoms with Gasteiger partial charge in [0.1, 0.15) is 10.3 Å². The molecule has 28 heavy (non-hydrogen) atoms. The first kappa shape index (κ1) is 20.0. The molecule has 4 rings (SSSR count). The van der Waals surface area contributed by atoms with Crippen LogP contribution in [0.4, 0.5) is 4.79 Å². The molecule has 2 bridgehead atoms. The standard InChI is InChI=1S/C20H32N4O3S/c1-18(2,3)27-17(26)24-8-6-13(11-24)19(4)15(25)23-16(28-19)22-14-10-20(21)7-5-12(14)9-20/h12-14H,5-11,21H2,1-4H3,(H,22,23,25)/t12?,13?,14-,19?,20-/m0/s1. The van der Waals surface area contributed by atoms with Gasteiger partial charge in [0, 0.05) is 24.5 Å². The largest absolute Gasteiger partial charge is 0.444 e. The van der Waals surface area contributed by atoms with Gasteiger partial charge in [-0.1, -0.05) is 11.8 Å². The quantitative estimate of drug-likeness (QED) is 0.732. The number of amides is 2. The van der Waals surface area contributed by atoms with Crippen molar-refractivity contribution in [1.29, 1.82) is 0 Å². The Bertz CT molecular complexity index is 721. The summed E-state index contributed by atoms with van der Waals surface area (Å²) >= 11 is 1.53. The van der Waals surface area contributed by atoms with Crippen LogP contribution in [0.3, 0.4) is 0 Å². The lowest BCUT2D eigenvalue weighted by Gasteiger charge is -2.28. The summed E-state index contributed by atoms with van der Waals surface area (Å²) in [5.41, 5.74) is 5.86. The van der Waals surface area contributed by atoms with E-state index in [4.69, 9.17) is 15.5 Å². The first-order chi connectivity index (χ1) is 13.0. The minimum Gasteiger partial charge on any atom is -0.444 e. The fourth-order valence-corrected chi connectivity index (χ4v) is 6.36. The lowest BCUT2D eigenvalue weighted by Crippen LogP contribution is -2.43. The molecule has 0 spiro atoms. The molecule has 2 saturated carbocycles. The molecule has 8 heteroatoms. The number of nitrogens with two attached hydrogens (primary N) is 1. The molecule has 0 aromatic carbocycles. The minimum atomic E-state index is -0.604. The van der Waals surface area contributed by atoms with Gasteiger partial charge in [-0.15, -0.1) is 0 Å². The van der Waals surface area contributed by atoms with Gasteiger partial charge in [-0.3, -0.25) is 9.79 Å². The molecule has 0 radical (unpaired) electrons. The number of hydrogen-bond donors (Lipinski definition) is 2. The predicted octanol–water partition coefficient (Wildman–Crippen LogP) is 2.49. The van der Waals surface area contributed by atoms with Crippen molar-refractivity contribution in [3.8, 4) is 0 Å². The molecule has 2 heterocycles. The third-order valence-corrected chi connectivity index (χ3v) is 8.07. The van der Waals surface area contributed by atoms with Gasteiger partial charge in [0.05, 0.1) is 6.04 Å². The zero-order valence-corrected chi connectivity index (χ0v) is 18.1. The number of ether oxygens (including phenoxy) is 1. The molecule has 156 valence electrons. The van der Waals surface area contributed by atoms with E-state index in [9.17, 15) is 9.59 Å². The highest BCUT2D eigenvalue weighted by molar-refractivity contribution is 8.16. The van der Waals surface area contributed by atoms with Crippen LogP contribution in [0.5, 0.6) is 0 Å². The van der Waals surface area contributed by atoms with Crippen LogP contribution in [0.25, 0.3) is 0 Å². The number of aliphatic imine (C=N–C) groups is 1. The summed E-state index contributed by atoms with van der Waals surface area (Å²) in [5, 5.41) is 3.73. The van der Waals surface area contributed by atoms with Gasteiger partial charge in [0.2, 0.25) is 5.91 Å². The fourth-order valence-electron chi connectivity index (χ4n) is 5.12. The van der Waals surface area contributed by atoms with Crippen LogP contribution in [0.2, 0.25) is 0 Å². The number of hydrogen-bond acceptors (Lipinski definition) is 6. The molecule has 3 N–H and O–H groups in total. The molecule has 0 aromatic rings. The number of likely N-dealkylation sites (tertiary alicyclic amines) is 1. The van der Waals surface area contributed by atoms with Crippen molar-refractivity contribution in [2.45, 2.75) is 81.7 Å². The first-order valence-electron chi connectivity index (χ1n) is 10.3. The lowest BCUT2D eigenvalue weighted by molar-refractivity contribution is -0.122. The molecule has 2 aliphatic carbocycles. The normalized spacial score (nSPS) is 41.8. The molecule has 2 saturated heterocycles. The van der Waals surface area contributed by atoms with Crippen LogP contribution < -0.4 is 11.1 Å². The molecular formula is C20H32N4O3S. The number of nitrogens with one attached hydrogen (secondary N) is 1. The molecule has 0 aromatic heterocycles. The summed E-state index contributed by atoms with van der Waals surface area (Å²) in [4.78, 5) is 31.8. The van der Waals surface area contributed by atoms with E-state index in [1.807, 2.05) is 27.7 Å². The summed E-state index contributed by atoms with van der Waals surface area (Å²) in [5.74, 6) is 0.632. The zero-order valence-electron chi connectivity index (χ0n) is 17.3. The van der Waals surface area contributed by atoms with Crippen molar-refractivity contribution in [3.05, 3.63) is 0 Å². The highest BCUT2D eigenvalue weighted by atomic mass is 32.2. The Balaban J connectivity index is 1.41. The molecular weight excluding hydrogens is 376 g/mol. The monoisotopic (exact) mass is 408 g/mol. The molecule has 4 aliphatic rings. The van der Waals surface area contributed by atoms with Crippen molar-refractivity contribution >= 4 is 28.9 Å². The SMILES string of the molecule is CC(C)(C)OC(=O)N1CCC(C2(C)SC(=N[C@H]3C[C@]4(N)CCC3C4)NC2=O)C1. The Kier molecular flexibility index (Phi) is 4.73. The predicted molar refractivity (Wildman–Crippen MR) is 110 cm³/mol. The summed E-state index contributed by atoms with van der Waals surface area (Å²) in [7, 11) is 0. The first-order valence-corrected chi connectivity index (χ1v) is 11.1. The smallest absolute Gasteiger partial charge is 0.410 e. The van der Waals surface area contributed by atoms with E-state index in [0.29, 0.717) is 19.0 Å². The van der Waals surface area contributed by atoms with E-state index in [2.05, 4.69) is 5.32 Å². The Morgan fingerprint density at radius 3 is 2.71 bits per heavy atom. The molecule has 5 atom stereocenters. The van der Waals surface area contributed by atoms with E-state index in [0.717, 1.165) is 37.3 Å². The van der Waals surface area contributed by atoms with E-state index in [1.54, 1.807) is 4.90 Å². The van der Waals surface area contributed by atoms with Gasteiger partial charge in [-0.05, 0) is 65.7 Å². The zero-order chi connectivity index (χ0) is 20.3. The number of fused-ring (bicyclic) bond motifs is 2. The summed E-state index contributed by atoms with van der Waals surface area (Å²) in [6.07, 6.45) is 4.70. The Labute approximate surface area is 171 Å². The van der Waals surface area contributed by atoms with Crippen molar-refractivity contribution in [2.24, 2.45) is 22.6 Å². The van der Waals surface area contributed by atoms with E-state index in [1.165, 1.54) is 11.8 Å². The fraction of sp³-hybridized carbons (Fsp3) is 0.850. The molecule has 2 amide bonds. The number of carbonyl (C=O) groups is 2. The van der Waals surface area contributed by atoms with Crippen LogP contribution >= 0.6 is 11.8 Å². The molecule has 4 fully saturated rings. The number of carbonyl (C=O) groups excluding carboxylic acids is 2. The van der Waals surface area contributed by atoms with Gasteiger partial charge in [-0.25, -0.2) is 4.79 Å². The highest BCUT2D eigenvalue weighted by Gasteiger charge is 2.53. The van der Waals surface area contributed by atoms with Crippen LogP contribution in [-0.2, 0) is 9.53 Å². The third-order valence-electron chi connectivity index (χ3n) is 6.72. The molecule has 2 aliphatic heterocycles. The third kappa shape index (κ3) is 3.65. The number of amidine groups is 1. The summed E-state index contributed by atoms with van der Waals surface area (Å²) < 4.78 is 4.88. The second kappa shape index (κ2) is 6.62. The van der Waals surface area contributed by atoms with E-state index < -0.39 is 10.3 Å². The number of rotatable bonds is 2. The van der Waals surface area contributed by atoms with Gasteiger partial charge < -0.3 is 20.7 Å². The van der Waals surface area contributed by atoms with Crippen molar-refractivity contribution in [3.63, 3.8) is 0 Å². The van der Waals surface area contributed by atoms with Gasteiger partial charge >= 0.3 is 6.09 Å².